The maximum atomic E-state index is 14.0. The molecule has 6 rings (SSSR count). The third-order valence-corrected chi connectivity index (χ3v) is 10.0. The number of oxime groups is 1. The van der Waals surface area contributed by atoms with Crippen LogP contribution in [0.5, 0.6) is 0 Å². The van der Waals surface area contributed by atoms with Crippen LogP contribution in [-0.2, 0) is 14.4 Å². The number of benzene rings is 1. The van der Waals surface area contributed by atoms with Crippen molar-refractivity contribution in [2.75, 3.05) is 0 Å². The standard InChI is InChI=1S/C31H40N4O6/c1-31(2,30(39)40)41-33-27(29(37)38)26-28(36)35(25-10-6-5-9-24(25)32-26)23-16-20-11-12-21(17-23)34(20)22-14-18-7-3-4-8-19(13-18)15-22/h5-6,9-10,18-23H,3-4,7-8,11-17H2,1-2H3,(H,37,38)(H,39,40)/b33-27-/t18-,19-,20-,21+,23?/m0/s1. The van der Waals surface area contributed by atoms with Crippen molar-refractivity contribution >= 4 is 28.7 Å². The average molecular weight is 565 g/mol. The van der Waals surface area contributed by atoms with Gasteiger partial charge in [-0.15, -0.1) is 0 Å². The highest BCUT2D eigenvalue weighted by atomic mass is 16.7. The van der Waals surface area contributed by atoms with E-state index in [9.17, 15) is 24.6 Å². The van der Waals surface area contributed by atoms with Gasteiger partial charge in [-0.1, -0.05) is 43.0 Å². The van der Waals surface area contributed by atoms with E-state index in [2.05, 4.69) is 15.0 Å². The van der Waals surface area contributed by atoms with Crippen molar-refractivity contribution in [1.82, 2.24) is 14.5 Å². The van der Waals surface area contributed by atoms with Gasteiger partial charge in [-0.2, -0.15) is 0 Å². The van der Waals surface area contributed by atoms with Crippen LogP contribution in [0.2, 0.25) is 0 Å². The van der Waals surface area contributed by atoms with E-state index >= 15 is 0 Å². The summed E-state index contributed by atoms with van der Waals surface area (Å²) in [6, 6.07) is 8.59. The molecule has 41 heavy (non-hydrogen) atoms. The van der Waals surface area contributed by atoms with E-state index in [0.717, 1.165) is 37.5 Å². The fourth-order valence-corrected chi connectivity index (χ4v) is 8.16. The molecule has 10 heteroatoms. The minimum absolute atomic E-state index is 0.0970. The molecule has 220 valence electrons. The second-order valence-electron chi connectivity index (χ2n) is 13.1. The van der Waals surface area contributed by atoms with E-state index in [1.807, 2.05) is 12.1 Å². The zero-order chi connectivity index (χ0) is 28.9. The summed E-state index contributed by atoms with van der Waals surface area (Å²) in [7, 11) is 0. The van der Waals surface area contributed by atoms with Crippen LogP contribution in [0, 0.1) is 11.8 Å². The molecular formula is C31H40N4O6. The highest BCUT2D eigenvalue weighted by molar-refractivity contribution is 6.41. The third-order valence-electron chi connectivity index (χ3n) is 10.0. The summed E-state index contributed by atoms with van der Waals surface area (Å²) in [4.78, 5) is 50.1. The Labute approximate surface area is 239 Å². The number of aromatic nitrogens is 2. The van der Waals surface area contributed by atoms with Gasteiger partial charge in [-0.05, 0) is 82.8 Å². The number of aliphatic carboxylic acids is 2. The Morgan fingerprint density at radius 3 is 2.15 bits per heavy atom. The molecule has 1 aromatic carbocycles. The molecule has 2 N–H and O–H groups in total. The maximum Gasteiger partial charge on any atom is 0.360 e. The minimum atomic E-state index is -1.78. The molecule has 1 unspecified atom stereocenters. The van der Waals surface area contributed by atoms with E-state index in [1.54, 1.807) is 16.7 Å². The quantitative estimate of drug-likeness (QED) is 0.368. The van der Waals surface area contributed by atoms with Crippen LogP contribution in [0.15, 0.2) is 34.2 Å². The van der Waals surface area contributed by atoms with Crippen molar-refractivity contribution in [3.63, 3.8) is 0 Å². The number of carboxylic acids is 2. The van der Waals surface area contributed by atoms with Crippen LogP contribution in [0.1, 0.15) is 96.2 Å². The van der Waals surface area contributed by atoms with Crippen LogP contribution in [0.4, 0.5) is 0 Å². The van der Waals surface area contributed by atoms with Crippen LogP contribution >= 0.6 is 0 Å². The molecule has 3 heterocycles. The number of hydrogen-bond donors (Lipinski definition) is 2. The maximum absolute atomic E-state index is 14.0. The smallest absolute Gasteiger partial charge is 0.360 e. The average Bonchev–Trinajstić information content (AvgIpc) is 3.08. The first-order chi connectivity index (χ1) is 19.6. The summed E-state index contributed by atoms with van der Waals surface area (Å²) in [5, 5.41) is 23.0. The Morgan fingerprint density at radius 1 is 0.902 bits per heavy atom. The molecule has 5 atom stereocenters. The molecule has 0 radical (unpaired) electrons. The molecule has 1 aromatic heterocycles. The number of para-hydroxylation sites is 2. The number of carbonyl (C=O) groups is 2. The van der Waals surface area contributed by atoms with Crippen LogP contribution < -0.4 is 5.56 Å². The van der Waals surface area contributed by atoms with Crippen molar-refractivity contribution in [3.05, 3.63) is 40.3 Å². The Balaban J connectivity index is 1.34. The lowest BCUT2D eigenvalue weighted by atomic mass is 9.76. The summed E-state index contributed by atoms with van der Waals surface area (Å²) >= 11 is 0. The lowest BCUT2D eigenvalue weighted by Gasteiger charge is -2.48. The predicted octanol–water partition coefficient (Wildman–Crippen LogP) is 4.59. The molecular weight excluding hydrogens is 524 g/mol. The molecule has 4 bridgehead atoms. The first-order valence-electron chi connectivity index (χ1n) is 15.1. The van der Waals surface area contributed by atoms with Crippen LogP contribution in [0.25, 0.3) is 11.0 Å². The van der Waals surface area contributed by atoms with E-state index in [1.165, 1.54) is 58.8 Å². The van der Waals surface area contributed by atoms with Gasteiger partial charge >= 0.3 is 11.9 Å². The van der Waals surface area contributed by atoms with Crippen molar-refractivity contribution in [2.45, 2.75) is 114 Å². The first-order valence-corrected chi connectivity index (χ1v) is 15.1. The number of fused-ring (bicyclic) bond motifs is 5. The SMILES string of the molecule is CC(C)(O/N=C(\C(=O)O)c1nc2ccccc2n(C2C[C@H]3CC[C@@H](C2)N3C2C[C@H]3CCCC[C@H](C2)C3)c1=O)C(=O)O. The van der Waals surface area contributed by atoms with Gasteiger partial charge in [0, 0.05) is 24.2 Å². The van der Waals surface area contributed by atoms with Gasteiger partial charge < -0.3 is 19.6 Å². The summed E-state index contributed by atoms with van der Waals surface area (Å²) in [5.74, 6) is -1.13. The normalized spacial score (nSPS) is 30.6. The fourth-order valence-electron chi connectivity index (χ4n) is 8.16. The highest BCUT2D eigenvalue weighted by Gasteiger charge is 2.47. The zero-order valence-electron chi connectivity index (χ0n) is 23.9. The molecule has 4 aliphatic rings. The summed E-state index contributed by atoms with van der Waals surface area (Å²) < 4.78 is 1.72. The second-order valence-corrected chi connectivity index (χ2v) is 13.1. The predicted molar refractivity (Wildman–Crippen MR) is 153 cm³/mol. The van der Waals surface area contributed by atoms with Crippen LogP contribution in [0.3, 0.4) is 0 Å². The fraction of sp³-hybridized carbons (Fsp3) is 0.645. The number of piperidine rings is 1. The molecule has 0 amide bonds. The summed E-state index contributed by atoms with van der Waals surface area (Å²) in [6.07, 6.45) is 13.3. The molecule has 2 saturated heterocycles. The molecule has 2 saturated carbocycles. The molecule has 10 nitrogen and oxygen atoms in total. The molecule has 2 aromatic rings. The van der Waals surface area contributed by atoms with E-state index in [0.29, 0.717) is 29.2 Å². The second kappa shape index (κ2) is 10.9. The Hall–Kier alpha value is -3.27. The Kier molecular flexibility index (Phi) is 7.38. The monoisotopic (exact) mass is 564 g/mol. The molecule has 0 spiro atoms. The number of nitrogens with zero attached hydrogens (tertiary/aromatic N) is 4. The van der Waals surface area contributed by atoms with Crippen LogP contribution in [-0.4, -0.2) is 66.0 Å². The van der Waals surface area contributed by atoms with Gasteiger partial charge in [-0.3, -0.25) is 9.69 Å². The van der Waals surface area contributed by atoms with Gasteiger partial charge in [0.25, 0.3) is 5.56 Å². The lowest BCUT2D eigenvalue weighted by Crippen LogP contribution is -2.52. The van der Waals surface area contributed by atoms with Crippen molar-refractivity contribution < 1.29 is 24.6 Å². The topological polar surface area (TPSA) is 134 Å². The van der Waals surface area contributed by atoms with Gasteiger partial charge in [0.05, 0.1) is 11.0 Å². The van der Waals surface area contributed by atoms with Gasteiger partial charge in [0.2, 0.25) is 11.3 Å². The molecule has 2 aliphatic carbocycles. The van der Waals surface area contributed by atoms with E-state index < -0.39 is 28.8 Å². The summed E-state index contributed by atoms with van der Waals surface area (Å²) in [6.45, 7) is 2.52. The van der Waals surface area contributed by atoms with Crippen molar-refractivity contribution in [1.29, 1.82) is 0 Å². The minimum Gasteiger partial charge on any atom is -0.478 e. The van der Waals surface area contributed by atoms with E-state index in [-0.39, 0.29) is 11.7 Å². The van der Waals surface area contributed by atoms with Crippen molar-refractivity contribution in [2.24, 2.45) is 17.0 Å². The first kappa shape index (κ1) is 27.9. The number of rotatable bonds is 7. The third kappa shape index (κ3) is 5.27. The lowest BCUT2D eigenvalue weighted by molar-refractivity contribution is -0.161. The zero-order valence-corrected chi connectivity index (χ0v) is 23.9. The van der Waals surface area contributed by atoms with Gasteiger partial charge in [-0.25, -0.2) is 14.6 Å². The number of carboxylic acid groups (broad SMARTS) is 2. The largest absolute Gasteiger partial charge is 0.478 e. The molecule has 2 aliphatic heterocycles. The molecule has 4 fully saturated rings. The Bertz CT molecular complexity index is 1410. The van der Waals surface area contributed by atoms with E-state index in [4.69, 9.17) is 4.84 Å². The van der Waals surface area contributed by atoms with Gasteiger partial charge in [0.1, 0.15) is 0 Å². The Morgan fingerprint density at radius 2 is 1.54 bits per heavy atom. The number of hydrogen-bond acceptors (Lipinski definition) is 7. The van der Waals surface area contributed by atoms with Crippen molar-refractivity contribution in [3.8, 4) is 0 Å². The highest BCUT2D eigenvalue weighted by Crippen LogP contribution is 2.48. The summed E-state index contributed by atoms with van der Waals surface area (Å²) in [5.41, 5.74) is -2.21. The van der Waals surface area contributed by atoms with Gasteiger partial charge in [0.15, 0.2) is 5.69 Å².